The van der Waals surface area contributed by atoms with Gasteiger partial charge in [0.2, 0.25) is 29.5 Å². The first kappa shape index (κ1) is 25.5. The number of carbonyl (C=O) groups is 5. The van der Waals surface area contributed by atoms with E-state index in [0.29, 0.717) is 26.2 Å². The van der Waals surface area contributed by atoms with Gasteiger partial charge in [-0.25, -0.2) is 0 Å². The molecule has 170 valence electrons. The molecule has 0 aromatic carbocycles. The fourth-order valence-electron chi connectivity index (χ4n) is 2.61. The van der Waals surface area contributed by atoms with Crippen LogP contribution in [-0.4, -0.2) is 87.0 Å². The second-order valence-corrected chi connectivity index (χ2v) is 6.81. The van der Waals surface area contributed by atoms with Gasteiger partial charge >= 0.3 is 0 Å². The molecule has 0 aromatic rings. The maximum Gasteiger partial charge on any atom is 0.246 e. The van der Waals surface area contributed by atoms with Gasteiger partial charge in [0.05, 0.1) is 19.8 Å². The average molecular weight is 428 g/mol. The number of amides is 5. The molecule has 0 saturated carbocycles. The van der Waals surface area contributed by atoms with Gasteiger partial charge in [-0.15, -0.1) is 0 Å². The molecule has 0 radical (unpaired) electrons. The molecule has 0 bridgehead atoms. The minimum atomic E-state index is -0.321. The number of imide groups is 1. The highest BCUT2D eigenvalue weighted by atomic mass is 16.5. The van der Waals surface area contributed by atoms with Crippen LogP contribution in [0, 0.1) is 5.92 Å². The first-order valence-electron chi connectivity index (χ1n) is 10.1. The first-order chi connectivity index (χ1) is 14.3. The minimum Gasteiger partial charge on any atom is -0.377 e. The maximum atomic E-state index is 11.8. The van der Waals surface area contributed by atoms with E-state index in [1.165, 1.54) is 0 Å². The van der Waals surface area contributed by atoms with Crippen LogP contribution in [0.3, 0.4) is 0 Å². The van der Waals surface area contributed by atoms with Crippen LogP contribution in [0.15, 0.2) is 0 Å². The second-order valence-electron chi connectivity index (χ2n) is 6.81. The minimum absolute atomic E-state index is 0.0311. The van der Waals surface area contributed by atoms with E-state index in [-0.39, 0.29) is 81.1 Å². The number of carbonyl (C=O) groups excluding carboxylic acids is 5. The fourth-order valence-corrected chi connectivity index (χ4v) is 2.61. The summed E-state index contributed by atoms with van der Waals surface area (Å²) in [7, 11) is 0. The Morgan fingerprint density at radius 3 is 2.20 bits per heavy atom. The van der Waals surface area contributed by atoms with E-state index in [1.807, 2.05) is 0 Å². The van der Waals surface area contributed by atoms with E-state index in [4.69, 9.17) is 9.47 Å². The number of likely N-dealkylation sites (tertiary alicyclic amines) is 1. The topological polar surface area (TPSA) is 143 Å². The molecule has 1 fully saturated rings. The van der Waals surface area contributed by atoms with Gasteiger partial charge in [0.15, 0.2) is 0 Å². The number of rotatable bonds is 15. The zero-order valence-corrected chi connectivity index (χ0v) is 17.7. The van der Waals surface area contributed by atoms with Gasteiger partial charge in [0.25, 0.3) is 0 Å². The van der Waals surface area contributed by atoms with Gasteiger partial charge in [0.1, 0.15) is 6.61 Å². The molecule has 1 heterocycles. The predicted octanol–water partition coefficient (Wildman–Crippen LogP) is -1.44. The van der Waals surface area contributed by atoms with Crippen LogP contribution in [0.5, 0.6) is 0 Å². The molecule has 3 N–H and O–H groups in total. The smallest absolute Gasteiger partial charge is 0.246 e. The fraction of sp³-hybridized carbons (Fsp3) is 0.737. The van der Waals surface area contributed by atoms with Crippen molar-refractivity contribution >= 4 is 29.5 Å². The standard InChI is InChI=1S/C19H32N4O7/c1-3-15(24)22-7-9-29-10-11-30-13-17(26)21-6-5-20-16(25)4-8-23-18(27)12-14(2)19(23)28/h14H,3-13H2,1-2H3,(H,20,25)(H,21,26)(H,22,24). The van der Waals surface area contributed by atoms with Gasteiger partial charge in [-0.2, -0.15) is 0 Å². The van der Waals surface area contributed by atoms with Gasteiger partial charge in [0, 0.05) is 51.4 Å². The zero-order valence-electron chi connectivity index (χ0n) is 17.7. The van der Waals surface area contributed by atoms with Crippen molar-refractivity contribution in [2.24, 2.45) is 5.92 Å². The van der Waals surface area contributed by atoms with Crippen LogP contribution in [0.25, 0.3) is 0 Å². The quantitative estimate of drug-likeness (QED) is 0.214. The number of nitrogens with zero attached hydrogens (tertiary/aromatic N) is 1. The third kappa shape index (κ3) is 10.3. The predicted molar refractivity (Wildman–Crippen MR) is 106 cm³/mol. The summed E-state index contributed by atoms with van der Waals surface area (Å²) in [5, 5.41) is 7.89. The Bertz CT molecular complexity index is 612. The lowest BCUT2D eigenvalue weighted by Crippen LogP contribution is -2.38. The number of nitrogens with one attached hydrogen (secondary N) is 3. The Labute approximate surface area is 176 Å². The van der Waals surface area contributed by atoms with E-state index in [1.54, 1.807) is 13.8 Å². The van der Waals surface area contributed by atoms with Crippen LogP contribution in [-0.2, 0) is 33.4 Å². The highest BCUT2D eigenvalue weighted by molar-refractivity contribution is 6.03. The van der Waals surface area contributed by atoms with Crippen LogP contribution in [0.4, 0.5) is 0 Å². The molecule has 1 rings (SSSR count). The molecule has 0 spiro atoms. The Morgan fingerprint density at radius 2 is 1.57 bits per heavy atom. The molecule has 30 heavy (non-hydrogen) atoms. The zero-order chi connectivity index (χ0) is 22.4. The molecule has 11 heteroatoms. The van der Waals surface area contributed by atoms with Gasteiger partial charge in [-0.3, -0.25) is 28.9 Å². The summed E-state index contributed by atoms with van der Waals surface area (Å²) in [5.41, 5.74) is 0. The van der Waals surface area contributed by atoms with Gasteiger partial charge < -0.3 is 25.4 Å². The Hall–Kier alpha value is -2.53. The Kier molecular flexibility index (Phi) is 12.3. The largest absolute Gasteiger partial charge is 0.377 e. The Morgan fingerprint density at radius 1 is 0.933 bits per heavy atom. The molecule has 1 unspecified atom stereocenters. The number of ether oxygens (including phenoxy) is 2. The molecule has 5 amide bonds. The van der Waals surface area contributed by atoms with Crippen molar-refractivity contribution in [1.29, 1.82) is 0 Å². The third-order valence-corrected chi connectivity index (χ3v) is 4.30. The molecule has 1 atom stereocenters. The second kappa shape index (κ2) is 14.5. The molecule has 0 aromatic heterocycles. The summed E-state index contributed by atoms with van der Waals surface area (Å²) in [4.78, 5) is 58.9. The van der Waals surface area contributed by atoms with Gasteiger partial charge in [-0.1, -0.05) is 13.8 Å². The molecule has 11 nitrogen and oxygen atoms in total. The summed E-state index contributed by atoms with van der Waals surface area (Å²) in [6, 6.07) is 0. The van der Waals surface area contributed by atoms with Crippen LogP contribution in [0.2, 0.25) is 0 Å². The first-order valence-corrected chi connectivity index (χ1v) is 10.1. The van der Waals surface area contributed by atoms with E-state index >= 15 is 0 Å². The van der Waals surface area contributed by atoms with E-state index in [9.17, 15) is 24.0 Å². The molecule has 1 aliphatic heterocycles. The van der Waals surface area contributed by atoms with E-state index in [0.717, 1.165) is 4.90 Å². The van der Waals surface area contributed by atoms with Gasteiger partial charge in [-0.05, 0) is 0 Å². The van der Waals surface area contributed by atoms with Crippen LogP contribution < -0.4 is 16.0 Å². The van der Waals surface area contributed by atoms with Crippen molar-refractivity contribution in [3.05, 3.63) is 0 Å². The highest BCUT2D eigenvalue weighted by Crippen LogP contribution is 2.18. The summed E-state index contributed by atoms with van der Waals surface area (Å²) in [5.74, 6) is -1.46. The summed E-state index contributed by atoms with van der Waals surface area (Å²) in [6.07, 6.45) is 0.656. The third-order valence-electron chi connectivity index (χ3n) is 4.30. The van der Waals surface area contributed by atoms with Crippen LogP contribution in [0.1, 0.15) is 33.1 Å². The van der Waals surface area contributed by atoms with E-state index in [2.05, 4.69) is 16.0 Å². The Balaban J connectivity index is 1.95. The lowest BCUT2D eigenvalue weighted by Gasteiger charge is -2.14. The molecular formula is C19H32N4O7. The van der Waals surface area contributed by atoms with E-state index < -0.39 is 0 Å². The van der Waals surface area contributed by atoms with Crippen molar-refractivity contribution in [3.8, 4) is 0 Å². The van der Waals surface area contributed by atoms with Crippen molar-refractivity contribution in [1.82, 2.24) is 20.9 Å². The number of hydrogen-bond acceptors (Lipinski definition) is 7. The van der Waals surface area contributed by atoms with Crippen LogP contribution >= 0.6 is 0 Å². The maximum absolute atomic E-state index is 11.8. The van der Waals surface area contributed by atoms with Crippen molar-refractivity contribution in [3.63, 3.8) is 0 Å². The monoisotopic (exact) mass is 428 g/mol. The number of hydrogen-bond donors (Lipinski definition) is 3. The average Bonchev–Trinajstić information content (AvgIpc) is 2.96. The molecule has 1 saturated heterocycles. The molecular weight excluding hydrogens is 396 g/mol. The summed E-state index contributed by atoms with van der Waals surface area (Å²) in [6.45, 7) is 5.24. The summed E-state index contributed by atoms with van der Waals surface area (Å²) < 4.78 is 10.4. The summed E-state index contributed by atoms with van der Waals surface area (Å²) >= 11 is 0. The SMILES string of the molecule is CCC(=O)NCCOCCOCC(=O)NCCNC(=O)CCN1C(=O)CC(C)C1=O. The normalized spacial score (nSPS) is 15.9. The molecule has 0 aliphatic carbocycles. The van der Waals surface area contributed by atoms with Crippen molar-refractivity contribution in [2.75, 3.05) is 52.6 Å². The lowest BCUT2D eigenvalue weighted by molar-refractivity contribution is -0.139. The lowest BCUT2D eigenvalue weighted by atomic mass is 10.1. The van der Waals surface area contributed by atoms with Crippen molar-refractivity contribution < 1.29 is 33.4 Å². The highest BCUT2D eigenvalue weighted by Gasteiger charge is 2.35. The van der Waals surface area contributed by atoms with Crippen molar-refractivity contribution in [2.45, 2.75) is 33.1 Å². The molecule has 1 aliphatic rings.